The third-order valence-corrected chi connectivity index (χ3v) is 6.17. The summed E-state index contributed by atoms with van der Waals surface area (Å²) in [5.74, 6) is 1.15. The lowest BCUT2D eigenvalue weighted by Gasteiger charge is -2.32. The minimum atomic E-state index is -0.251. The molecule has 1 saturated heterocycles. The molecule has 5 rings (SSSR count). The molecule has 2 aromatic heterocycles. The van der Waals surface area contributed by atoms with Crippen molar-refractivity contribution >= 4 is 0 Å². The lowest BCUT2D eigenvalue weighted by atomic mass is 9.96. The fraction of sp³-hybridized carbons (Fsp3) is 0.320. The first-order valence-electron chi connectivity index (χ1n) is 11.0. The Morgan fingerprint density at radius 1 is 1.12 bits per heavy atom. The van der Waals surface area contributed by atoms with Crippen molar-refractivity contribution in [3.8, 4) is 16.9 Å². The zero-order chi connectivity index (χ0) is 22.1. The Hall–Kier alpha value is -3.32. The summed E-state index contributed by atoms with van der Waals surface area (Å²) in [6.45, 7) is 4.77. The Morgan fingerprint density at radius 2 is 2.00 bits per heavy atom. The minimum Gasteiger partial charge on any atom is -0.320 e. The average molecular weight is 431 g/mol. The summed E-state index contributed by atoms with van der Waals surface area (Å²) in [5, 5.41) is 13.3. The van der Waals surface area contributed by atoms with E-state index in [1.165, 1.54) is 11.6 Å². The van der Waals surface area contributed by atoms with Gasteiger partial charge < -0.3 is 4.57 Å². The van der Waals surface area contributed by atoms with Gasteiger partial charge in [-0.25, -0.2) is 9.07 Å². The van der Waals surface area contributed by atoms with Gasteiger partial charge in [0.1, 0.15) is 18.0 Å². The molecule has 6 nitrogen and oxygen atoms in total. The first kappa shape index (κ1) is 20.6. The third kappa shape index (κ3) is 4.21. The number of rotatable bonds is 5. The maximum atomic E-state index is 14.0. The number of nitrogens with zero attached hydrogens (tertiary/aromatic N) is 6. The predicted octanol–water partition coefficient (Wildman–Crippen LogP) is 4.49. The molecule has 32 heavy (non-hydrogen) atoms. The SMILES string of the molecule is Cc1cccc(-n2cc(CN3CCCC(c4nncn4C)C3)c(-c3cccc(F)c3)n2)c1. The zero-order valence-electron chi connectivity index (χ0n) is 18.4. The van der Waals surface area contributed by atoms with Gasteiger partial charge in [0.15, 0.2) is 0 Å². The Morgan fingerprint density at radius 3 is 2.78 bits per heavy atom. The van der Waals surface area contributed by atoms with Gasteiger partial charge in [0.2, 0.25) is 0 Å². The quantitative estimate of drug-likeness (QED) is 0.468. The van der Waals surface area contributed by atoms with Crippen LogP contribution in [-0.4, -0.2) is 42.5 Å². The van der Waals surface area contributed by atoms with Crippen molar-refractivity contribution in [1.29, 1.82) is 0 Å². The van der Waals surface area contributed by atoms with E-state index in [0.717, 1.165) is 60.8 Å². The highest BCUT2D eigenvalue weighted by molar-refractivity contribution is 5.63. The highest BCUT2D eigenvalue weighted by atomic mass is 19.1. The molecule has 1 aliphatic heterocycles. The second-order valence-corrected chi connectivity index (χ2v) is 8.67. The first-order valence-corrected chi connectivity index (χ1v) is 11.0. The molecule has 164 valence electrons. The van der Waals surface area contributed by atoms with Crippen molar-refractivity contribution in [2.45, 2.75) is 32.2 Å². The zero-order valence-corrected chi connectivity index (χ0v) is 18.4. The molecule has 1 unspecified atom stereocenters. The monoisotopic (exact) mass is 430 g/mol. The maximum absolute atomic E-state index is 14.0. The van der Waals surface area contributed by atoms with Gasteiger partial charge in [-0.05, 0) is 56.1 Å². The van der Waals surface area contributed by atoms with Gasteiger partial charge >= 0.3 is 0 Å². The standard InChI is InChI=1S/C25H27FN6/c1-18-6-3-10-23(12-18)32-16-21(24(29-32)19-7-4-9-22(26)13-19)15-31-11-5-8-20(14-31)25-28-27-17-30(25)2/h3-4,6-7,9-10,12-13,16-17,20H,5,8,11,14-15H2,1-2H3. The Kier molecular flexibility index (Phi) is 5.57. The smallest absolute Gasteiger partial charge is 0.136 e. The van der Waals surface area contributed by atoms with Crippen LogP contribution in [-0.2, 0) is 13.6 Å². The molecule has 0 spiro atoms. The van der Waals surface area contributed by atoms with Gasteiger partial charge in [-0.1, -0.05) is 24.3 Å². The number of aromatic nitrogens is 5. The number of halogens is 1. The molecule has 1 atom stereocenters. The van der Waals surface area contributed by atoms with Gasteiger partial charge in [-0.2, -0.15) is 5.10 Å². The molecular formula is C25H27FN6. The summed E-state index contributed by atoms with van der Waals surface area (Å²) >= 11 is 0. The van der Waals surface area contributed by atoms with Gasteiger partial charge in [0.25, 0.3) is 0 Å². The fourth-order valence-corrected chi connectivity index (χ4v) is 4.62. The molecule has 1 fully saturated rings. The maximum Gasteiger partial charge on any atom is 0.136 e. The summed E-state index contributed by atoms with van der Waals surface area (Å²) in [7, 11) is 2.00. The number of benzene rings is 2. The van der Waals surface area contributed by atoms with Crippen molar-refractivity contribution < 1.29 is 4.39 Å². The summed E-state index contributed by atoms with van der Waals surface area (Å²) < 4.78 is 17.9. The summed E-state index contributed by atoms with van der Waals surface area (Å²) in [4.78, 5) is 2.45. The van der Waals surface area contributed by atoms with Crippen LogP contribution in [0.4, 0.5) is 4.39 Å². The Bertz CT molecular complexity index is 1230. The summed E-state index contributed by atoms with van der Waals surface area (Å²) in [5.41, 5.74) is 4.90. The lowest BCUT2D eigenvalue weighted by molar-refractivity contribution is 0.195. The lowest BCUT2D eigenvalue weighted by Crippen LogP contribution is -2.34. The van der Waals surface area contributed by atoms with Crippen LogP contribution in [0, 0.1) is 12.7 Å². The van der Waals surface area contributed by atoms with Crippen LogP contribution in [0.15, 0.2) is 61.1 Å². The number of hydrogen-bond donors (Lipinski definition) is 0. The second kappa shape index (κ2) is 8.67. The minimum absolute atomic E-state index is 0.251. The van der Waals surface area contributed by atoms with Crippen molar-refractivity contribution in [2.24, 2.45) is 7.05 Å². The molecule has 0 amide bonds. The highest BCUT2D eigenvalue weighted by Gasteiger charge is 2.26. The van der Waals surface area contributed by atoms with Gasteiger partial charge in [-0.3, -0.25) is 4.90 Å². The van der Waals surface area contributed by atoms with E-state index in [4.69, 9.17) is 5.10 Å². The van der Waals surface area contributed by atoms with E-state index >= 15 is 0 Å². The van der Waals surface area contributed by atoms with E-state index in [1.807, 2.05) is 34.5 Å². The normalized spacial score (nSPS) is 17.0. The largest absolute Gasteiger partial charge is 0.320 e. The molecule has 0 aliphatic carbocycles. The van der Waals surface area contributed by atoms with Crippen LogP contribution < -0.4 is 0 Å². The van der Waals surface area contributed by atoms with Crippen molar-refractivity contribution in [3.63, 3.8) is 0 Å². The summed E-state index contributed by atoms with van der Waals surface area (Å²) in [6.07, 6.45) is 6.07. The molecule has 4 aromatic rings. The van der Waals surface area contributed by atoms with Crippen LogP contribution in [0.2, 0.25) is 0 Å². The molecule has 1 aliphatic rings. The number of likely N-dealkylation sites (tertiary alicyclic amines) is 1. The molecule has 0 saturated carbocycles. The summed E-state index contributed by atoms with van der Waals surface area (Å²) in [6, 6.07) is 15.0. The first-order chi connectivity index (χ1) is 15.6. The van der Waals surface area contributed by atoms with Crippen molar-refractivity contribution in [2.75, 3.05) is 13.1 Å². The van der Waals surface area contributed by atoms with E-state index in [2.05, 4.69) is 40.4 Å². The molecule has 3 heterocycles. The van der Waals surface area contributed by atoms with E-state index in [0.29, 0.717) is 5.92 Å². The van der Waals surface area contributed by atoms with Gasteiger partial charge in [0.05, 0.1) is 11.4 Å². The molecule has 0 bridgehead atoms. The average Bonchev–Trinajstić information content (AvgIpc) is 3.40. The predicted molar refractivity (Wildman–Crippen MR) is 122 cm³/mol. The van der Waals surface area contributed by atoms with Crippen LogP contribution in [0.25, 0.3) is 16.9 Å². The third-order valence-electron chi connectivity index (χ3n) is 6.17. The highest BCUT2D eigenvalue weighted by Crippen LogP contribution is 2.30. The van der Waals surface area contributed by atoms with E-state index in [-0.39, 0.29) is 5.82 Å². The molecule has 7 heteroatoms. The van der Waals surface area contributed by atoms with Crippen LogP contribution in [0.1, 0.15) is 35.7 Å². The second-order valence-electron chi connectivity index (χ2n) is 8.67. The molecule has 0 radical (unpaired) electrons. The molecule has 2 aromatic carbocycles. The van der Waals surface area contributed by atoms with Crippen LogP contribution in [0.5, 0.6) is 0 Å². The molecule has 0 N–H and O–H groups in total. The Balaban J connectivity index is 1.47. The van der Waals surface area contributed by atoms with Crippen LogP contribution in [0.3, 0.4) is 0 Å². The Labute approximate surface area is 187 Å². The van der Waals surface area contributed by atoms with Gasteiger partial charge in [0, 0.05) is 43.4 Å². The topological polar surface area (TPSA) is 51.8 Å². The van der Waals surface area contributed by atoms with E-state index < -0.39 is 0 Å². The molecular weight excluding hydrogens is 403 g/mol. The van der Waals surface area contributed by atoms with Crippen LogP contribution >= 0.6 is 0 Å². The van der Waals surface area contributed by atoms with Crippen molar-refractivity contribution in [1.82, 2.24) is 29.4 Å². The number of hydrogen-bond acceptors (Lipinski definition) is 4. The van der Waals surface area contributed by atoms with E-state index in [1.54, 1.807) is 18.5 Å². The fourth-order valence-electron chi connectivity index (χ4n) is 4.62. The van der Waals surface area contributed by atoms with Gasteiger partial charge in [-0.15, -0.1) is 10.2 Å². The van der Waals surface area contributed by atoms with E-state index in [9.17, 15) is 4.39 Å². The number of aryl methyl sites for hydroxylation is 2. The van der Waals surface area contributed by atoms with Crippen molar-refractivity contribution in [3.05, 3.63) is 83.8 Å². The number of piperidine rings is 1.